The molecule has 23 heavy (non-hydrogen) atoms. The quantitative estimate of drug-likeness (QED) is 0.760. The minimum Gasteiger partial charge on any atom is -0.335 e. The van der Waals surface area contributed by atoms with Crippen molar-refractivity contribution in [2.24, 2.45) is 11.7 Å². The van der Waals surface area contributed by atoms with Gasteiger partial charge in [-0.15, -0.1) is 0 Å². The van der Waals surface area contributed by atoms with Crippen molar-refractivity contribution >= 4 is 16.1 Å². The molecule has 0 unspecified atom stereocenters. The molecule has 0 heterocycles. The Morgan fingerprint density at radius 3 is 2.35 bits per heavy atom. The molecule has 6 nitrogen and oxygen atoms in total. The molecule has 7 heteroatoms. The van der Waals surface area contributed by atoms with E-state index in [1.165, 1.54) is 12.1 Å². The Morgan fingerprint density at radius 1 is 1.17 bits per heavy atom. The van der Waals surface area contributed by atoms with Gasteiger partial charge >= 0.3 is 6.03 Å². The van der Waals surface area contributed by atoms with Gasteiger partial charge in [-0.25, -0.2) is 17.9 Å². The molecule has 1 aliphatic carbocycles. The zero-order valence-electron chi connectivity index (χ0n) is 13.4. The Morgan fingerprint density at radius 2 is 1.78 bits per heavy atom. The lowest BCUT2D eigenvalue weighted by Gasteiger charge is -2.26. The second-order valence-corrected chi connectivity index (χ2v) is 7.90. The van der Waals surface area contributed by atoms with Crippen LogP contribution in [-0.4, -0.2) is 27.0 Å². The Bertz CT molecular complexity index is 620. The van der Waals surface area contributed by atoms with Crippen molar-refractivity contribution in [1.82, 2.24) is 10.0 Å². The SMILES string of the molecule is CC1CCC(NC(=O)NS(=O)(=O)c2ccc(CCN)cc2)CC1. The fourth-order valence-corrected chi connectivity index (χ4v) is 3.72. The summed E-state index contributed by atoms with van der Waals surface area (Å²) in [4.78, 5) is 12.0. The third kappa shape index (κ3) is 5.21. The summed E-state index contributed by atoms with van der Waals surface area (Å²) in [6.07, 6.45) is 4.58. The number of benzene rings is 1. The summed E-state index contributed by atoms with van der Waals surface area (Å²) in [5.41, 5.74) is 6.43. The molecule has 0 aliphatic heterocycles. The number of carbonyl (C=O) groups is 1. The van der Waals surface area contributed by atoms with Crippen molar-refractivity contribution in [2.75, 3.05) is 6.54 Å². The van der Waals surface area contributed by atoms with Crippen LogP contribution >= 0.6 is 0 Å². The highest BCUT2D eigenvalue weighted by molar-refractivity contribution is 7.90. The van der Waals surface area contributed by atoms with Gasteiger partial charge in [0.1, 0.15) is 0 Å². The molecule has 0 bridgehead atoms. The minimum atomic E-state index is -3.85. The van der Waals surface area contributed by atoms with Crippen LogP contribution in [0.5, 0.6) is 0 Å². The normalized spacial score (nSPS) is 21.7. The van der Waals surface area contributed by atoms with Crippen molar-refractivity contribution in [3.63, 3.8) is 0 Å². The summed E-state index contributed by atoms with van der Waals surface area (Å²) >= 11 is 0. The fraction of sp³-hybridized carbons (Fsp3) is 0.562. The second-order valence-electron chi connectivity index (χ2n) is 6.22. The molecule has 4 N–H and O–H groups in total. The summed E-state index contributed by atoms with van der Waals surface area (Å²) in [5, 5.41) is 2.75. The van der Waals surface area contributed by atoms with Crippen LogP contribution in [0.4, 0.5) is 4.79 Å². The van der Waals surface area contributed by atoms with Gasteiger partial charge in [0, 0.05) is 6.04 Å². The number of nitrogens with one attached hydrogen (secondary N) is 2. The van der Waals surface area contributed by atoms with Gasteiger partial charge < -0.3 is 11.1 Å². The summed E-state index contributed by atoms with van der Waals surface area (Å²) in [7, 11) is -3.85. The Balaban J connectivity index is 1.93. The van der Waals surface area contributed by atoms with Crippen molar-refractivity contribution < 1.29 is 13.2 Å². The molecular formula is C16H25N3O3S. The van der Waals surface area contributed by atoms with Gasteiger partial charge in [0.25, 0.3) is 10.0 Å². The van der Waals surface area contributed by atoms with Crippen molar-refractivity contribution in [2.45, 2.75) is 50.0 Å². The van der Waals surface area contributed by atoms with Gasteiger partial charge in [-0.1, -0.05) is 19.1 Å². The zero-order chi connectivity index (χ0) is 16.9. The number of sulfonamides is 1. The molecule has 2 rings (SSSR count). The molecule has 1 aliphatic rings. The van der Waals surface area contributed by atoms with Crippen molar-refractivity contribution in [3.8, 4) is 0 Å². The van der Waals surface area contributed by atoms with E-state index < -0.39 is 16.1 Å². The summed E-state index contributed by atoms with van der Waals surface area (Å²) in [6.45, 7) is 2.70. The van der Waals surface area contributed by atoms with E-state index in [1.807, 2.05) is 0 Å². The van der Waals surface area contributed by atoms with E-state index in [-0.39, 0.29) is 10.9 Å². The number of rotatable bonds is 5. The standard InChI is InChI=1S/C16H25N3O3S/c1-12-2-6-14(7-3-12)18-16(20)19-23(21,22)15-8-4-13(5-9-15)10-11-17/h4-5,8-9,12,14H,2-3,6-7,10-11,17H2,1H3,(H2,18,19,20). The van der Waals surface area contributed by atoms with E-state index in [1.54, 1.807) is 12.1 Å². The van der Waals surface area contributed by atoms with Crippen LogP contribution in [0.25, 0.3) is 0 Å². The van der Waals surface area contributed by atoms with E-state index in [2.05, 4.69) is 17.0 Å². The van der Waals surface area contributed by atoms with Crippen LogP contribution in [-0.2, 0) is 16.4 Å². The molecule has 0 radical (unpaired) electrons. The van der Waals surface area contributed by atoms with E-state index >= 15 is 0 Å². The lowest BCUT2D eigenvalue weighted by Crippen LogP contribution is -2.45. The van der Waals surface area contributed by atoms with Crippen LogP contribution in [0.1, 0.15) is 38.2 Å². The molecule has 1 saturated carbocycles. The lowest BCUT2D eigenvalue weighted by molar-refractivity contribution is 0.233. The summed E-state index contributed by atoms with van der Waals surface area (Å²) in [5.74, 6) is 0.673. The second kappa shape index (κ2) is 7.79. The first kappa shape index (κ1) is 17.7. The maximum absolute atomic E-state index is 12.2. The van der Waals surface area contributed by atoms with Crippen LogP contribution in [0.3, 0.4) is 0 Å². The third-order valence-corrected chi connectivity index (χ3v) is 5.59. The molecule has 0 aromatic heterocycles. The number of nitrogens with two attached hydrogens (primary N) is 1. The number of hydrogen-bond donors (Lipinski definition) is 3. The maximum Gasteiger partial charge on any atom is 0.328 e. The van der Waals surface area contributed by atoms with Crippen LogP contribution in [0, 0.1) is 5.92 Å². The van der Waals surface area contributed by atoms with Gasteiger partial charge in [0.05, 0.1) is 4.90 Å². The molecule has 0 atom stereocenters. The first-order valence-electron chi connectivity index (χ1n) is 8.03. The largest absolute Gasteiger partial charge is 0.335 e. The smallest absolute Gasteiger partial charge is 0.328 e. The topological polar surface area (TPSA) is 101 Å². The molecule has 0 spiro atoms. The molecule has 128 valence electrons. The first-order chi connectivity index (χ1) is 10.9. The van der Waals surface area contributed by atoms with E-state index in [4.69, 9.17) is 5.73 Å². The number of carbonyl (C=O) groups excluding carboxylic acids is 1. The van der Waals surface area contributed by atoms with Gasteiger partial charge in [-0.3, -0.25) is 0 Å². The summed E-state index contributed by atoms with van der Waals surface area (Å²) < 4.78 is 26.5. The van der Waals surface area contributed by atoms with Crippen molar-refractivity contribution in [3.05, 3.63) is 29.8 Å². The third-order valence-electron chi connectivity index (χ3n) is 4.24. The minimum absolute atomic E-state index is 0.0494. The zero-order valence-corrected chi connectivity index (χ0v) is 14.2. The molecule has 0 saturated heterocycles. The average Bonchev–Trinajstić information content (AvgIpc) is 2.50. The molecule has 2 amide bonds. The summed E-state index contributed by atoms with van der Waals surface area (Å²) in [6, 6.07) is 5.79. The molecule has 1 aromatic carbocycles. The predicted octanol–water partition coefficient (Wildman–Crippen LogP) is 1.75. The van der Waals surface area contributed by atoms with E-state index in [0.29, 0.717) is 18.9 Å². The van der Waals surface area contributed by atoms with Gasteiger partial charge in [-0.2, -0.15) is 0 Å². The van der Waals surface area contributed by atoms with Crippen LogP contribution in [0.15, 0.2) is 29.2 Å². The monoisotopic (exact) mass is 339 g/mol. The number of urea groups is 1. The fourth-order valence-electron chi connectivity index (χ4n) is 2.80. The highest BCUT2D eigenvalue weighted by Crippen LogP contribution is 2.23. The first-order valence-corrected chi connectivity index (χ1v) is 9.51. The number of hydrogen-bond acceptors (Lipinski definition) is 4. The Labute approximate surface area is 137 Å². The number of amides is 2. The maximum atomic E-state index is 12.2. The van der Waals surface area contributed by atoms with Crippen LogP contribution < -0.4 is 15.8 Å². The van der Waals surface area contributed by atoms with Gasteiger partial charge in [0.15, 0.2) is 0 Å². The average molecular weight is 339 g/mol. The Kier molecular flexibility index (Phi) is 6.01. The van der Waals surface area contributed by atoms with Gasteiger partial charge in [-0.05, 0) is 62.3 Å². The molecule has 1 fully saturated rings. The highest BCUT2D eigenvalue weighted by Gasteiger charge is 2.22. The van der Waals surface area contributed by atoms with Crippen molar-refractivity contribution in [1.29, 1.82) is 0 Å². The predicted molar refractivity (Wildman–Crippen MR) is 89.5 cm³/mol. The van der Waals surface area contributed by atoms with Crippen LogP contribution in [0.2, 0.25) is 0 Å². The molecular weight excluding hydrogens is 314 g/mol. The molecule has 1 aromatic rings. The Hall–Kier alpha value is -1.60. The lowest BCUT2D eigenvalue weighted by atomic mass is 9.87. The van der Waals surface area contributed by atoms with E-state index in [0.717, 1.165) is 31.2 Å². The van der Waals surface area contributed by atoms with Gasteiger partial charge in [0.2, 0.25) is 0 Å². The van der Waals surface area contributed by atoms with E-state index in [9.17, 15) is 13.2 Å². The highest BCUT2D eigenvalue weighted by atomic mass is 32.2.